The highest BCUT2D eigenvalue weighted by Crippen LogP contribution is 2.05. The minimum Gasteiger partial charge on any atom is -0.468 e. The van der Waals surface area contributed by atoms with Crippen molar-refractivity contribution in [1.29, 1.82) is 0 Å². The van der Waals surface area contributed by atoms with Crippen LogP contribution in [0.25, 0.3) is 0 Å². The van der Waals surface area contributed by atoms with Gasteiger partial charge in [0.2, 0.25) is 0 Å². The molecule has 0 aliphatic rings. The molecule has 0 saturated heterocycles. The molecule has 0 aliphatic carbocycles. The molecule has 15 heavy (non-hydrogen) atoms. The van der Waals surface area contributed by atoms with Gasteiger partial charge in [0, 0.05) is 12.6 Å². The minimum atomic E-state index is -0.247. The molecule has 0 rings (SSSR count). The number of halogens is 1. The Kier molecular flexibility index (Phi) is 9.65. The van der Waals surface area contributed by atoms with E-state index in [0.29, 0.717) is 12.6 Å². The predicted octanol–water partition coefficient (Wildman–Crippen LogP) is 2.04. The standard InChI is InChI=1S/C10H20BrNO2S/c1-4-15-6-5-8(2)12-7-9(11)10(13)14-3/h8-9,12H,4-7H2,1-3H3. The Labute approximate surface area is 105 Å². The Balaban J connectivity index is 3.52. The van der Waals surface area contributed by atoms with E-state index in [9.17, 15) is 4.79 Å². The maximum atomic E-state index is 11.1. The maximum absolute atomic E-state index is 11.1. The Morgan fingerprint density at radius 1 is 1.60 bits per heavy atom. The zero-order chi connectivity index (χ0) is 11.7. The van der Waals surface area contributed by atoms with E-state index in [-0.39, 0.29) is 10.8 Å². The van der Waals surface area contributed by atoms with Crippen molar-refractivity contribution in [2.45, 2.75) is 31.1 Å². The van der Waals surface area contributed by atoms with Crippen LogP contribution in [0.5, 0.6) is 0 Å². The van der Waals surface area contributed by atoms with Crippen LogP contribution < -0.4 is 5.32 Å². The number of hydrogen-bond donors (Lipinski definition) is 1. The molecule has 0 aromatic rings. The number of esters is 1. The number of alkyl halides is 1. The highest BCUT2D eigenvalue weighted by Gasteiger charge is 2.15. The first-order chi connectivity index (χ1) is 7.11. The summed E-state index contributed by atoms with van der Waals surface area (Å²) in [4.78, 5) is 10.8. The van der Waals surface area contributed by atoms with Crippen LogP contribution in [0.1, 0.15) is 20.3 Å². The lowest BCUT2D eigenvalue weighted by Crippen LogP contribution is -2.35. The summed E-state index contributed by atoms with van der Waals surface area (Å²) in [6.07, 6.45) is 1.12. The molecule has 2 atom stereocenters. The van der Waals surface area contributed by atoms with E-state index in [4.69, 9.17) is 0 Å². The number of carbonyl (C=O) groups excluding carboxylic acids is 1. The fourth-order valence-electron chi connectivity index (χ4n) is 1.02. The topological polar surface area (TPSA) is 38.3 Å². The van der Waals surface area contributed by atoms with Gasteiger partial charge in [0.25, 0.3) is 0 Å². The van der Waals surface area contributed by atoms with Crippen LogP contribution in [0.4, 0.5) is 0 Å². The summed E-state index contributed by atoms with van der Waals surface area (Å²) in [7, 11) is 1.40. The van der Waals surface area contributed by atoms with Crippen LogP contribution >= 0.6 is 27.7 Å². The number of thioether (sulfide) groups is 1. The molecule has 0 saturated carbocycles. The first-order valence-electron chi connectivity index (χ1n) is 5.14. The molecule has 0 aromatic carbocycles. The van der Waals surface area contributed by atoms with E-state index in [1.807, 2.05) is 11.8 Å². The van der Waals surface area contributed by atoms with Gasteiger partial charge in [0.05, 0.1) is 7.11 Å². The molecule has 0 amide bonds. The number of hydrogen-bond acceptors (Lipinski definition) is 4. The average Bonchev–Trinajstić information content (AvgIpc) is 2.25. The molecule has 2 unspecified atom stereocenters. The third-order valence-corrected chi connectivity index (χ3v) is 3.63. The number of ether oxygens (including phenoxy) is 1. The van der Waals surface area contributed by atoms with Gasteiger partial charge in [-0.25, -0.2) is 0 Å². The second kappa shape index (κ2) is 9.48. The quantitative estimate of drug-likeness (QED) is 0.423. The van der Waals surface area contributed by atoms with Crippen LogP contribution in [-0.4, -0.2) is 42.0 Å². The third-order valence-electron chi connectivity index (χ3n) is 2.00. The van der Waals surface area contributed by atoms with Crippen LogP contribution in [0.2, 0.25) is 0 Å². The molecule has 5 heteroatoms. The molecular weight excluding hydrogens is 278 g/mol. The second-order valence-corrected chi connectivity index (χ2v) is 5.78. The van der Waals surface area contributed by atoms with Gasteiger partial charge in [-0.3, -0.25) is 4.79 Å². The van der Waals surface area contributed by atoms with Gasteiger partial charge in [0.1, 0.15) is 4.83 Å². The van der Waals surface area contributed by atoms with Crippen molar-refractivity contribution in [3.8, 4) is 0 Å². The monoisotopic (exact) mass is 297 g/mol. The van der Waals surface area contributed by atoms with E-state index in [1.165, 1.54) is 7.11 Å². The minimum absolute atomic E-state index is 0.224. The normalized spacial score (nSPS) is 14.7. The molecule has 0 aromatic heterocycles. The van der Waals surface area contributed by atoms with Crippen LogP contribution in [0.3, 0.4) is 0 Å². The summed E-state index contributed by atoms with van der Waals surface area (Å²) >= 11 is 5.21. The lowest BCUT2D eigenvalue weighted by atomic mass is 10.2. The van der Waals surface area contributed by atoms with E-state index in [1.54, 1.807) is 0 Å². The van der Waals surface area contributed by atoms with Gasteiger partial charge in [-0.05, 0) is 24.9 Å². The molecule has 1 N–H and O–H groups in total. The van der Waals surface area contributed by atoms with Crippen molar-refractivity contribution in [2.75, 3.05) is 25.2 Å². The molecule has 0 spiro atoms. The molecule has 0 heterocycles. The first-order valence-corrected chi connectivity index (χ1v) is 7.21. The van der Waals surface area contributed by atoms with Gasteiger partial charge in [-0.2, -0.15) is 11.8 Å². The fourth-order valence-corrected chi connectivity index (χ4v) is 2.21. The summed E-state index contributed by atoms with van der Waals surface area (Å²) in [6.45, 7) is 4.91. The van der Waals surface area contributed by atoms with Crippen molar-refractivity contribution in [3.63, 3.8) is 0 Å². The van der Waals surface area contributed by atoms with Crippen LogP contribution in [-0.2, 0) is 9.53 Å². The number of rotatable bonds is 8. The Morgan fingerprint density at radius 3 is 2.80 bits per heavy atom. The number of nitrogens with one attached hydrogen (secondary N) is 1. The van der Waals surface area contributed by atoms with Crippen molar-refractivity contribution < 1.29 is 9.53 Å². The summed E-state index contributed by atoms with van der Waals surface area (Å²) in [6, 6.07) is 0.439. The lowest BCUT2D eigenvalue weighted by molar-refractivity contribution is -0.139. The summed E-state index contributed by atoms with van der Waals surface area (Å²) in [5, 5.41) is 3.30. The first kappa shape index (κ1) is 15.3. The zero-order valence-corrected chi connectivity index (χ0v) is 12.0. The van der Waals surface area contributed by atoms with Gasteiger partial charge in [-0.15, -0.1) is 0 Å². The highest BCUT2D eigenvalue weighted by molar-refractivity contribution is 9.10. The van der Waals surface area contributed by atoms with Crippen LogP contribution in [0.15, 0.2) is 0 Å². The largest absolute Gasteiger partial charge is 0.468 e. The molecule has 0 radical (unpaired) electrons. The van der Waals surface area contributed by atoms with Crippen molar-refractivity contribution in [2.24, 2.45) is 0 Å². The van der Waals surface area contributed by atoms with E-state index in [2.05, 4.69) is 39.8 Å². The van der Waals surface area contributed by atoms with Crippen LogP contribution in [0, 0.1) is 0 Å². The summed E-state index contributed by atoms with van der Waals surface area (Å²) in [5.74, 6) is 2.10. The van der Waals surface area contributed by atoms with Gasteiger partial charge < -0.3 is 10.1 Å². The van der Waals surface area contributed by atoms with E-state index < -0.39 is 0 Å². The van der Waals surface area contributed by atoms with E-state index in [0.717, 1.165) is 17.9 Å². The molecule has 0 bridgehead atoms. The molecule has 0 aliphatic heterocycles. The van der Waals surface area contributed by atoms with Crippen molar-refractivity contribution >= 4 is 33.7 Å². The SMILES string of the molecule is CCSCCC(C)NCC(Br)C(=O)OC. The molecular formula is C10H20BrNO2S. The average molecular weight is 298 g/mol. The van der Waals surface area contributed by atoms with E-state index >= 15 is 0 Å². The molecule has 90 valence electrons. The summed E-state index contributed by atoms with van der Waals surface area (Å²) < 4.78 is 4.61. The lowest BCUT2D eigenvalue weighted by Gasteiger charge is -2.15. The smallest absolute Gasteiger partial charge is 0.320 e. The highest BCUT2D eigenvalue weighted by atomic mass is 79.9. The molecule has 0 fully saturated rings. The van der Waals surface area contributed by atoms with Gasteiger partial charge in [0.15, 0.2) is 0 Å². The second-order valence-electron chi connectivity index (χ2n) is 3.29. The Hall–Kier alpha value is 0.260. The fraction of sp³-hybridized carbons (Fsp3) is 0.900. The van der Waals surface area contributed by atoms with Crippen molar-refractivity contribution in [3.05, 3.63) is 0 Å². The number of carbonyl (C=O) groups is 1. The summed E-state index contributed by atoms with van der Waals surface area (Å²) in [5.41, 5.74) is 0. The maximum Gasteiger partial charge on any atom is 0.320 e. The predicted molar refractivity (Wildman–Crippen MR) is 69.8 cm³/mol. The van der Waals surface area contributed by atoms with Crippen molar-refractivity contribution in [1.82, 2.24) is 5.32 Å². The Bertz CT molecular complexity index is 181. The molecule has 3 nitrogen and oxygen atoms in total. The third kappa shape index (κ3) is 8.11. The Morgan fingerprint density at radius 2 is 2.27 bits per heavy atom. The number of methoxy groups -OCH3 is 1. The van der Waals surface area contributed by atoms with Gasteiger partial charge in [-0.1, -0.05) is 22.9 Å². The zero-order valence-electron chi connectivity index (χ0n) is 9.59. The van der Waals surface area contributed by atoms with Gasteiger partial charge >= 0.3 is 5.97 Å².